The zero-order valence-electron chi connectivity index (χ0n) is 12.8. The molecule has 0 aliphatic carbocycles. The van der Waals surface area contributed by atoms with Crippen molar-refractivity contribution >= 4 is 11.9 Å². The highest BCUT2D eigenvalue weighted by atomic mass is 16.4. The molecule has 0 aliphatic rings. The molecule has 0 fully saturated rings. The fourth-order valence-electron chi connectivity index (χ4n) is 2.17. The Labute approximate surface area is 125 Å². The van der Waals surface area contributed by atoms with Gasteiger partial charge in [-0.2, -0.15) is 5.26 Å². The Balaban J connectivity index is 2.53. The van der Waals surface area contributed by atoms with Gasteiger partial charge in [-0.15, -0.1) is 0 Å². The van der Waals surface area contributed by atoms with Crippen LogP contribution >= 0.6 is 0 Å². The summed E-state index contributed by atoms with van der Waals surface area (Å²) >= 11 is 0. The van der Waals surface area contributed by atoms with Crippen LogP contribution in [0, 0.1) is 22.7 Å². The maximum Gasteiger partial charge on any atom is 0.303 e. The number of carbonyl (C=O) groups is 1. The third-order valence-corrected chi connectivity index (χ3v) is 3.48. The van der Waals surface area contributed by atoms with Crippen LogP contribution in [0.2, 0.25) is 0 Å². The van der Waals surface area contributed by atoms with Gasteiger partial charge in [0.05, 0.1) is 0 Å². The fourth-order valence-corrected chi connectivity index (χ4v) is 2.17. The number of nitrogens with zero attached hydrogens (tertiary/aromatic N) is 3. The maximum absolute atomic E-state index is 10.7. The number of carboxylic acid groups (broad SMARTS) is 1. The Morgan fingerprint density at radius 3 is 2.76 bits per heavy atom. The summed E-state index contributed by atoms with van der Waals surface area (Å²) < 4.78 is 0. The fraction of sp³-hybridized carbons (Fsp3) is 0.600. The molecule has 1 aromatic rings. The molecule has 0 saturated heterocycles. The number of nitrogens with one attached hydrogen (secondary N) is 1. The molecule has 1 aromatic heterocycles. The van der Waals surface area contributed by atoms with Gasteiger partial charge in [-0.1, -0.05) is 20.8 Å². The molecule has 114 valence electrons. The first-order valence-corrected chi connectivity index (χ1v) is 7.01. The molecule has 21 heavy (non-hydrogen) atoms. The van der Waals surface area contributed by atoms with Crippen molar-refractivity contribution in [2.75, 3.05) is 11.9 Å². The second kappa shape index (κ2) is 7.58. The topological polar surface area (TPSA) is 98.9 Å². The molecule has 0 aromatic carbocycles. The number of carboxylic acids is 1. The van der Waals surface area contributed by atoms with E-state index in [1.165, 1.54) is 0 Å². The van der Waals surface area contributed by atoms with Crippen LogP contribution in [0.5, 0.6) is 0 Å². The predicted molar refractivity (Wildman–Crippen MR) is 79.7 cm³/mol. The molecule has 0 spiro atoms. The second-order valence-corrected chi connectivity index (χ2v) is 6.09. The van der Waals surface area contributed by atoms with Gasteiger partial charge < -0.3 is 10.4 Å². The van der Waals surface area contributed by atoms with Crippen LogP contribution in [-0.4, -0.2) is 27.6 Å². The highest BCUT2D eigenvalue weighted by Gasteiger charge is 2.24. The molecule has 0 aliphatic heterocycles. The summed E-state index contributed by atoms with van der Waals surface area (Å²) in [6, 6.07) is 3.52. The summed E-state index contributed by atoms with van der Waals surface area (Å²) in [7, 11) is 0. The van der Waals surface area contributed by atoms with E-state index in [1.54, 1.807) is 12.3 Å². The lowest BCUT2D eigenvalue weighted by molar-refractivity contribution is -0.137. The highest BCUT2D eigenvalue weighted by molar-refractivity contribution is 5.66. The first kappa shape index (κ1) is 16.9. The van der Waals surface area contributed by atoms with Crippen molar-refractivity contribution in [2.45, 2.75) is 40.0 Å². The molecule has 0 amide bonds. The molecule has 6 heteroatoms. The van der Waals surface area contributed by atoms with Crippen LogP contribution in [0.3, 0.4) is 0 Å². The summed E-state index contributed by atoms with van der Waals surface area (Å²) in [5.41, 5.74) is 0.373. The Hall–Kier alpha value is -2.16. The van der Waals surface area contributed by atoms with Gasteiger partial charge >= 0.3 is 5.97 Å². The first-order valence-electron chi connectivity index (χ1n) is 7.01. The van der Waals surface area contributed by atoms with Gasteiger partial charge in [0.1, 0.15) is 11.8 Å². The van der Waals surface area contributed by atoms with Crippen molar-refractivity contribution in [1.29, 1.82) is 5.26 Å². The predicted octanol–water partition coefficient (Wildman–Crippen LogP) is 2.68. The van der Waals surface area contributed by atoms with E-state index in [1.807, 2.05) is 6.07 Å². The summed E-state index contributed by atoms with van der Waals surface area (Å²) in [6.45, 7) is 7.00. The summed E-state index contributed by atoms with van der Waals surface area (Å²) in [6.07, 6.45) is 3.21. The van der Waals surface area contributed by atoms with Gasteiger partial charge in [-0.05, 0) is 30.2 Å². The van der Waals surface area contributed by atoms with E-state index in [4.69, 9.17) is 10.4 Å². The van der Waals surface area contributed by atoms with Crippen LogP contribution in [-0.2, 0) is 4.79 Å². The zero-order valence-corrected chi connectivity index (χ0v) is 12.8. The Morgan fingerprint density at radius 2 is 2.19 bits per heavy atom. The van der Waals surface area contributed by atoms with Crippen molar-refractivity contribution in [3.05, 3.63) is 18.0 Å². The zero-order chi connectivity index (χ0) is 15.9. The molecular weight excluding hydrogens is 268 g/mol. The smallest absolute Gasteiger partial charge is 0.303 e. The van der Waals surface area contributed by atoms with E-state index < -0.39 is 5.97 Å². The van der Waals surface area contributed by atoms with Gasteiger partial charge in [0.15, 0.2) is 0 Å². The van der Waals surface area contributed by atoms with Crippen LogP contribution in [0.1, 0.15) is 45.7 Å². The summed E-state index contributed by atoms with van der Waals surface area (Å²) in [5, 5.41) is 20.7. The number of hydrogen-bond donors (Lipinski definition) is 2. The minimum absolute atomic E-state index is 0.0481. The summed E-state index contributed by atoms with van der Waals surface area (Å²) in [4.78, 5) is 18.8. The third kappa shape index (κ3) is 6.21. The lowest BCUT2D eigenvalue weighted by Crippen LogP contribution is -2.24. The van der Waals surface area contributed by atoms with Crippen molar-refractivity contribution in [2.24, 2.45) is 11.3 Å². The van der Waals surface area contributed by atoms with Crippen molar-refractivity contribution in [3.63, 3.8) is 0 Å². The first-order chi connectivity index (χ1) is 9.82. The van der Waals surface area contributed by atoms with E-state index in [0.717, 1.165) is 6.42 Å². The Bertz CT molecular complexity index is 517. The van der Waals surface area contributed by atoms with Gasteiger partial charge in [-0.3, -0.25) is 4.79 Å². The van der Waals surface area contributed by atoms with E-state index in [-0.39, 0.29) is 11.8 Å². The second-order valence-electron chi connectivity index (χ2n) is 6.09. The van der Waals surface area contributed by atoms with Crippen molar-refractivity contribution < 1.29 is 9.90 Å². The van der Waals surface area contributed by atoms with E-state index >= 15 is 0 Å². The maximum atomic E-state index is 10.7. The molecule has 0 bridgehead atoms. The van der Waals surface area contributed by atoms with Gasteiger partial charge in [0.2, 0.25) is 5.95 Å². The summed E-state index contributed by atoms with van der Waals surface area (Å²) in [5.74, 6) is -0.0394. The molecule has 1 heterocycles. The SMILES string of the molecule is CC(C)(C)C(CCNc1nccc(C#N)n1)CCC(=O)O. The number of nitriles is 1. The average molecular weight is 290 g/mol. The minimum atomic E-state index is -0.762. The molecule has 1 unspecified atom stereocenters. The molecule has 0 radical (unpaired) electrons. The number of hydrogen-bond acceptors (Lipinski definition) is 5. The van der Waals surface area contributed by atoms with Gasteiger partial charge in [-0.25, -0.2) is 9.97 Å². The monoisotopic (exact) mass is 290 g/mol. The number of aromatic nitrogens is 2. The lowest BCUT2D eigenvalue weighted by Gasteiger charge is -2.30. The Morgan fingerprint density at radius 1 is 1.48 bits per heavy atom. The van der Waals surface area contributed by atoms with E-state index in [0.29, 0.717) is 30.5 Å². The molecule has 1 atom stereocenters. The van der Waals surface area contributed by atoms with Gasteiger partial charge in [0, 0.05) is 19.2 Å². The number of anilines is 1. The quantitative estimate of drug-likeness (QED) is 0.801. The molecule has 2 N–H and O–H groups in total. The van der Waals surface area contributed by atoms with Crippen molar-refractivity contribution in [3.8, 4) is 6.07 Å². The average Bonchev–Trinajstić information content (AvgIpc) is 2.41. The number of aliphatic carboxylic acids is 1. The van der Waals surface area contributed by atoms with Crippen LogP contribution in [0.15, 0.2) is 12.3 Å². The molecular formula is C15H22N4O2. The standard InChI is InChI=1S/C15H22N4O2/c1-15(2,3)11(4-5-13(20)21)6-8-17-14-18-9-7-12(10-16)19-14/h7,9,11H,4-6,8H2,1-3H3,(H,20,21)(H,17,18,19). The minimum Gasteiger partial charge on any atom is -0.481 e. The molecule has 6 nitrogen and oxygen atoms in total. The van der Waals surface area contributed by atoms with Crippen LogP contribution in [0.4, 0.5) is 5.95 Å². The van der Waals surface area contributed by atoms with E-state index in [9.17, 15) is 4.79 Å². The molecule has 0 saturated carbocycles. The van der Waals surface area contributed by atoms with Gasteiger partial charge in [0.25, 0.3) is 0 Å². The largest absolute Gasteiger partial charge is 0.481 e. The normalized spacial score (nSPS) is 12.5. The van der Waals surface area contributed by atoms with Crippen molar-refractivity contribution in [1.82, 2.24) is 9.97 Å². The Kier molecular flexibility index (Phi) is 6.10. The highest BCUT2D eigenvalue weighted by Crippen LogP contribution is 2.32. The number of rotatable bonds is 7. The van der Waals surface area contributed by atoms with Crippen LogP contribution in [0.25, 0.3) is 0 Å². The van der Waals surface area contributed by atoms with Crippen LogP contribution < -0.4 is 5.32 Å². The third-order valence-electron chi connectivity index (χ3n) is 3.48. The van der Waals surface area contributed by atoms with E-state index in [2.05, 4.69) is 36.1 Å². The molecule has 1 rings (SSSR count). The lowest BCUT2D eigenvalue weighted by atomic mass is 9.76.